The van der Waals surface area contributed by atoms with Gasteiger partial charge in [0, 0.05) is 11.1 Å². The maximum atomic E-state index is 14.2. The van der Waals surface area contributed by atoms with E-state index in [-0.39, 0.29) is 29.1 Å². The number of carbonyl (C=O) groups is 1. The molecule has 0 bridgehead atoms. The van der Waals surface area contributed by atoms with Gasteiger partial charge in [-0.1, -0.05) is 48.5 Å². The fourth-order valence-electron chi connectivity index (χ4n) is 4.92. The third kappa shape index (κ3) is 5.77. The molecule has 5 heteroatoms. The van der Waals surface area contributed by atoms with Crippen LogP contribution in [0.25, 0.3) is 44.5 Å². The van der Waals surface area contributed by atoms with Crippen molar-refractivity contribution in [1.29, 1.82) is 0 Å². The Morgan fingerprint density at radius 2 is 0.524 bits per heavy atom. The number of halogens is 4. The number of hydrogen-bond acceptors (Lipinski definition) is 1. The maximum Gasteiger partial charge on any atom is 0.193 e. The summed E-state index contributed by atoms with van der Waals surface area (Å²) >= 11 is 0. The number of carbonyl (C=O) groups excluding carboxylic acids is 1. The zero-order valence-electron chi connectivity index (χ0n) is 22.1. The Morgan fingerprint density at radius 3 is 0.738 bits per heavy atom. The average Bonchev–Trinajstić information content (AvgIpc) is 3.01. The van der Waals surface area contributed by atoms with Gasteiger partial charge in [0.15, 0.2) is 5.78 Å². The lowest BCUT2D eigenvalue weighted by molar-refractivity contribution is 0.103. The first-order valence-corrected chi connectivity index (χ1v) is 13.2. The summed E-state index contributed by atoms with van der Waals surface area (Å²) in [5.41, 5.74) is 6.34. The summed E-state index contributed by atoms with van der Waals surface area (Å²) in [5, 5.41) is 0. The molecule has 0 N–H and O–H groups in total. The molecule has 42 heavy (non-hydrogen) atoms. The summed E-state index contributed by atoms with van der Waals surface area (Å²) < 4.78 is 54.7. The molecule has 0 aliphatic carbocycles. The Labute approximate surface area is 240 Å². The minimum atomic E-state index is -0.379. The number of benzene rings is 6. The van der Waals surface area contributed by atoms with Gasteiger partial charge in [0.25, 0.3) is 0 Å². The monoisotopic (exact) mass is 558 g/mol. The molecule has 0 radical (unpaired) electrons. The number of rotatable bonds is 6. The van der Waals surface area contributed by atoms with Crippen LogP contribution in [0.2, 0.25) is 0 Å². The Morgan fingerprint density at radius 1 is 0.310 bits per heavy atom. The summed E-state index contributed by atoms with van der Waals surface area (Å²) in [6.07, 6.45) is 0. The van der Waals surface area contributed by atoms with Crippen molar-refractivity contribution in [1.82, 2.24) is 0 Å². The van der Waals surface area contributed by atoms with Gasteiger partial charge in [-0.2, -0.15) is 0 Å². The molecule has 0 amide bonds. The summed E-state index contributed by atoms with van der Waals surface area (Å²) in [6, 6.07) is 34.6. The van der Waals surface area contributed by atoms with Gasteiger partial charge in [-0.3, -0.25) is 4.79 Å². The molecule has 0 aromatic heterocycles. The highest BCUT2D eigenvalue weighted by atomic mass is 19.1. The molecule has 0 aliphatic heterocycles. The second kappa shape index (κ2) is 11.3. The molecule has 6 aromatic rings. The smallest absolute Gasteiger partial charge is 0.193 e. The largest absolute Gasteiger partial charge is 0.289 e. The summed E-state index contributed by atoms with van der Waals surface area (Å²) in [6.45, 7) is 0. The van der Waals surface area contributed by atoms with Gasteiger partial charge in [0.1, 0.15) is 23.3 Å². The van der Waals surface area contributed by atoms with Crippen molar-refractivity contribution < 1.29 is 22.4 Å². The van der Waals surface area contributed by atoms with Crippen LogP contribution in [0.15, 0.2) is 133 Å². The molecule has 0 saturated heterocycles. The molecular weight excluding hydrogens is 536 g/mol. The first-order chi connectivity index (χ1) is 20.3. The molecule has 0 heterocycles. The van der Waals surface area contributed by atoms with Crippen LogP contribution in [0, 0.1) is 23.3 Å². The second-order valence-corrected chi connectivity index (χ2v) is 9.95. The summed E-state index contributed by atoms with van der Waals surface area (Å²) in [5.74, 6) is -1.80. The molecule has 0 spiro atoms. The van der Waals surface area contributed by atoms with Crippen molar-refractivity contribution in [3.8, 4) is 44.5 Å². The average molecular weight is 559 g/mol. The van der Waals surface area contributed by atoms with E-state index >= 15 is 0 Å². The number of hydrogen-bond donors (Lipinski definition) is 0. The number of ketones is 1. The van der Waals surface area contributed by atoms with Crippen LogP contribution < -0.4 is 0 Å². The highest BCUT2D eigenvalue weighted by Gasteiger charge is 2.17. The van der Waals surface area contributed by atoms with Crippen molar-refractivity contribution in [3.05, 3.63) is 168 Å². The fraction of sp³-hybridized carbons (Fsp3) is 0. The van der Waals surface area contributed by atoms with Crippen molar-refractivity contribution in [2.75, 3.05) is 0 Å². The van der Waals surface area contributed by atoms with Crippen molar-refractivity contribution in [3.63, 3.8) is 0 Å². The van der Waals surface area contributed by atoms with Gasteiger partial charge in [-0.15, -0.1) is 0 Å². The first kappa shape index (κ1) is 26.9. The molecule has 204 valence electrons. The van der Waals surface area contributed by atoms with E-state index in [0.29, 0.717) is 55.6 Å². The third-order valence-electron chi connectivity index (χ3n) is 7.10. The highest BCUT2D eigenvalue weighted by Crippen LogP contribution is 2.33. The van der Waals surface area contributed by atoms with Crippen molar-refractivity contribution >= 4 is 5.78 Å². The topological polar surface area (TPSA) is 17.1 Å². The van der Waals surface area contributed by atoms with Crippen LogP contribution in [0.4, 0.5) is 17.6 Å². The molecule has 6 rings (SSSR count). The van der Waals surface area contributed by atoms with Gasteiger partial charge >= 0.3 is 0 Å². The van der Waals surface area contributed by atoms with Crippen LogP contribution >= 0.6 is 0 Å². The zero-order chi connectivity index (χ0) is 29.2. The SMILES string of the molecule is O=C(c1cc(-c2ccc(F)cc2)cc(-c2ccc(F)cc2)c1)c1cc(-c2ccc(F)cc2)cc(-c2ccc(F)cc2)c1. The van der Waals surface area contributed by atoms with Gasteiger partial charge < -0.3 is 0 Å². The Balaban J connectivity index is 1.51. The first-order valence-electron chi connectivity index (χ1n) is 13.2. The summed E-state index contributed by atoms with van der Waals surface area (Å²) in [7, 11) is 0. The molecule has 0 atom stereocenters. The standard InChI is InChI=1S/C37H22F4O/c38-33-9-1-23(2-10-33)27-17-28(24-3-11-34(39)12-4-24)20-31(19-27)37(42)32-21-29(25-5-13-35(40)14-6-25)18-30(22-32)26-7-15-36(41)16-8-26/h1-22H. The van der Waals surface area contributed by atoms with Gasteiger partial charge in [-0.25, -0.2) is 17.6 Å². The summed E-state index contributed by atoms with van der Waals surface area (Å²) in [4.78, 5) is 14.2. The Bertz CT molecular complexity index is 1620. The predicted molar refractivity (Wildman–Crippen MR) is 158 cm³/mol. The predicted octanol–water partition coefficient (Wildman–Crippen LogP) is 10.1. The van der Waals surface area contributed by atoms with Crippen LogP contribution in [0.5, 0.6) is 0 Å². The minimum Gasteiger partial charge on any atom is -0.289 e. The Kier molecular flexibility index (Phi) is 7.24. The quantitative estimate of drug-likeness (QED) is 0.147. The lowest BCUT2D eigenvalue weighted by Gasteiger charge is -2.13. The van der Waals surface area contributed by atoms with E-state index in [2.05, 4.69) is 0 Å². The highest BCUT2D eigenvalue weighted by molar-refractivity contribution is 6.11. The second-order valence-electron chi connectivity index (χ2n) is 9.95. The third-order valence-corrected chi connectivity index (χ3v) is 7.10. The van der Waals surface area contributed by atoms with Crippen molar-refractivity contribution in [2.45, 2.75) is 0 Å². The lowest BCUT2D eigenvalue weighted by atomic mass is 9.90. The normalized spacial score (nSPS) is 11.0. The fourth-order valence-corrected chi connectivity index (χ4v) is 4.92. The van der Waals surface area contributed by atoms with Crippen LogP contribution in [-0.4, -0.2) is 5.78 Å². The molecule has 0 aliphatic rings. The molecule has 0 saturated carbocycles. The van der Waals surface area contributed by atoms with Crippen molar-refractivity contribution in [2.24, 2.45) is 0 Å². The molecule has 1 nitrogen and oxygen atoms in total. The Hall–Kier alpha value is -5.29. The van der Waals surface area contributed by atoms with Crippen LogP contribution in [0.3, 0.4) is 0 Å². The van der Waals surface area contributed by atoms with E-state index in [1.807, 2.05) is 12.1 Å². The van der Waals surface area contributed by atoms with Gasteiger partial charge in [-0.05, 0) is 129 Å². The van der Waals surface area contributed by atoms with E-state index in [4.69, 9.17) is 0 Å². The van der Waals surface area contributed by atoms with E-state index < -0.39 is 0 Å². The van der Waals surface area contributed by atoms with E-state index in [1.54, 1.807) is 72.8 Å². The lowest BCUT2D eigenvalue weighted by Crippen LogP contribution is -2.03. The van der Waals surface area contributed by atoms with Crippen LogP contribution in [-0.2, 0) is 0 Å². The van der Waals surface area contributed by atoms with E-state index in [9.17, 15) is 22.4 Å². The van der Waals surface area contributed by atoms with Crippen LogP contribution in [0.1, 0.15) is 15.9 Å². The molecule has 0 unspecified atom stereocenters. The maximum absolute atomic E-state index is 14.2. The van der Waals surface area contributed by atoms with Gasteiger partial charge in [0.05, 0.1) is 0 Å². The molecule has 6 aromatic carbocycles. The zero-order valence-corrected chi connectivity index (χ0v) is 22.1. The molecule has 0 fully saturated rings. The van der Waals surface area contributed by atoms with Gasteiger partial charge in [0.2, 0.25) is 0 Å². The van der Waals surface area contributed by atoms with E-state index in [0.717, 1.165) is 0 Å². The minimum absolute atomic E-state index is 0.283. The van der Waals surface area contributed by atoms with E-state index in [1.165, 1.54) is 48.5 Å². The molecular formula is C37H22F4O.